The number of amides is 1. The standard InChI is InChI=1S/C19H20N2OS/c1-15-5-7-16(8-6-15)9-10-19(22)21(17-11-13-23-14-17)18-4-2-3-12-20-18/h2-10,12,17H,11,13-14H2,1H3. The number of carbonyl (C=O) groups excluding carboxylic acids is 1. The number of hydrogen-bond acceptors (Lipinski definition) is 3. The lowest BCUT2D eigenvalue weighted by Gasteiger charge is -2.26. The highest BCUT2D eigenvalue weighted by molar-refractivity contribution is 7.99. The SMILES string of the molecule is Cc1ccc(C=CC(=O)N(c2ccccn2)C2CCSC2)cc1. The summed E-state index contributed by atoms with van der Waals surface area (Å²) in [5.41, 5.74) is 2.25. The molecule has 0 radical (unpaired) electrons. The Labute approximate surface area is 141 Å². The van der Waals surface area contributed by atoms with Crippen molar-refractivity contribution in [3.05, 3.63) is 65.9 Å². The number of thioether (sulfide) groups is 1. The molecule has 1 aromatic heterocycles. The van der Waals surface area contributed by atoms with Crippen LogP contribution in [0.15, 0.2) is 54.7 Å². The zero-order valence-electron chi connectivity index (χ0n) is 13.2. The van der Waals surface area contributed by atoms with Crippen LogP contribution in [0.1, 0.15) is 17.5 Å². The van der Waals surface area contributed by atoms with E-state index < -0.39 is 0 Å². The fourth-order valence-electron chi connectivity index (χ4n) is 2.63. The normalized spacial score (nSPS) is 17.5. The van der Waals surface area contributed by atoms with Crippen LogP contribution < -0.4 is 4.90 Å². The zero-order chi connectivity index (χ0) is 16.1. The Bertz CT molecular complexity index is 676. The number of hydrogen-bond donors (Lipinski definition) is 0. The van der Waals surface area contributed by atoms with Crippen LogP contribution in [-0.2, 0) is 4.79 Å². The Morgan fingerprint density at radius 2 is 2.09 bits per heavy atom. The minimum Gasteiger partial charge on any atom is -0.289 e. The number of aryl methyl sites for hydroxylation is 1. The molecule has 0 bridgehead atoms. The second-order valence-electron chi connectivity index (χ2n) is 5.66. The highest BCUT2D eigenvalue weighted by atomic mass is 32.2. The van der Waals surface area contributed by atoms with E-state index in [-0.39, 0.29) is 11.9 Å². The average Bonchev–Trinajstić information content (AvgIpc) is 3.10. The molecule has 1 atom stereocenters. The Hall–Kier alpha value is -2.07. The van der Waals surface area contributed by atoms with Crippen molar-refractivity contribution in [1.82, 2.24) is 4.98 Å². The van der Waals surface area contributed by atoms with Gasteiger partial charge in [0, 0.05) is 24.1 Å². The lowest BCUT2D eigenvalue weighted by molar-refractivity contribution is -0.114. The highest BCUT2D eigenvalue weighted by Gasteiger charge is 2.27. The van der Waals surface area contributed by atoms with Gasteiger partial charge in [-0.1, -0.05) is 35.9 Å². The molecule has 1 fully saturated rings. The summed E-state index contributed by atoms with van der Waals surface area (Å²) >= 11 is 1.89. The summed E-state index contributed by atoms with van der Waals surface area (Å²) in [4.78, 5) is 19.0. The van der Waals surface area contributed by atoms with Crippen LogP contribution in [0.3, 0.4) is 0 Å². The van der Waals surface area contributed by atoms with Gasteiger partial charge in [0.25, 0.3) is 5.91 Å². The third-order valence-corrected chi connectivity index (χ3v) is 5.04. The van der Waals surface area contributed by atoms with E-state index >= 15 is 0 Å². The monoisotopic (exact) mass is 324 g/mol. The minimum absolute atomic E-state index is 0.00299. The molecular formula is C19H20N2OS. The van der Waals surface area contributed by atoms with Crippen molar-refractivity contribution in [1.29, 1.82) is 0 Å². The molecule has 2 aromatic rings. The lowest BCUT2D eigenvalue weighted by Crippen LogP contribution is -2.40. The highest BCUT2D eigenvalue weighted by Crippen LogP contribution is 2.26. The van der Waals surface area contributed by atoms with Gasteiger partial charge >= 0.3 is 0 Å². The Kier molecular flexibility index (Phi) is 5.13. The molecule has 0 spiro atoms. The van der Waals surface area contributed by atoms with Gasteiger partial charge in [-0.2, -0.15) is 11.8 Å². The number of pyridine rings is 1. The van der Waals surface area contributed by atoms with E-state index in [4.69, 9.17) is 0 Å². The van der Waals surface area contributed by atoms with Gasteiger partial charge in [-0.25, -0.2) is 4.98 Å². The molecule has 118 valence electrons. The molecule has 1 unspecified atom stereocenters. The van der Waals surface area contributed by atoms with Gasteiger partial charge in [0.15, 0.2) is 0 Å². The van der Waals surface area contributed by atoms with Gasteiger partial charge < -0.3 is 0 Å². The summed E-state index contributed by atoms with van der Waals surface area (Å²) in [7, 11) is 0. The van der Waals surface area contributed by atoms with Crippen LogP contribution in [0.4, 0.5) is 5.82 Å². The second kappa shape index (κ2) is 7.47. The summed E-state index contributed by atoms with van der Waals surface area (Å²) in [6.45, 7) is 2.05. The largest absolute Gasteiger partial charge is 0.289 e. The topological polar surface area (TPSA) is 33.2 Å². The predicted molar refractivity (Wildman–Crippen MR) is 97.7 cm³/mol. The van der Waals surface area contributed by atoms with Crippen molar-refractivity contribution in [2.24, 2.45) is 0 Å². The van der Waals surface area contributed by atoms with Crippen molar-refractivity contribution in [2.45, 2.75) is 19.4 Å². The lowest BCUT2D eigenvalue weighted by atomic mass is 10.1. The molecule has 1 amide bonds. The number of aromatic nitrogens is 1. The first-order chi connectivity index (χ1) is 11.2. The van der Waals surface area contributed by atoms with E-state index in [9.17, 15) is 4.79 Å². The Balaban J connectivity index is 1.81. The van der Waals surface area contributed by atoms with Gasteiger partial charge in [0.2, 0.25) is 0 Å². The van der Waals surface area contributed by atoms with E-state index in [0.29, 0.717) is 0 Å². The maximum absolute atomic E-state index is 12.8. The number of nitrogens with zero attached hydrogens (tertiary/aromatic N) is 2. The summed E-state index contributed by atoms with van der Waals surface area (Å²) in [5, 5.41) is 0. The maximum Gasteiger partial charge on any atom is 0.252 e. The average molecular weight is 324 g/mol. The van der Waals surface area contributed by atoms with Crippen molar-refractivity contribution >= 4 is 29.6 Å². The van der Waals surface area contributed by atoms with Gasteiger partial charge in [0.1, 0.15) is 5.82 Å². The Morgan fingerprint density at radius 1 is 1.26 bits per heavy atom. The van der Waals surface area contributed by atoms with E-state index in [2.05, 4.69) is 11.9 Å². The molecule has 0 N–H and O–H groups in total. The molecule has 1 aromatic carbocycles. The maximum atomic E-state index is 12.8. The number of benzene rings is 1. The number of anilines is 1. The van der Waals surface area contributed by atoms with Gasteiger partial charge in [-0.15, -0.1) is 0 Å². The first-order valence-corrected chi connectivity index (χ1v) is 8.96. The molecule has 1 saturated heterocycles. The van der Waals surface area contributed by atoms with E-state index in [1.165, 1.54) is 5.56 Å². The van der Waals surface area contributed by atoms with Crippen LogP contribution in [0.25, 0.3) is 6.08 Å². The Morgan fingerprint density at radius 3 is 2.74 bits per heavy atom. The molecule has 0 saturated carbocycles. The van der Waals surface area contributed by atoms with Crippen LogP contribution in [-0.4, -0.2) is 28.4 Å². The van der Waals surface area contributed by atoms with Crippen molar-refractivity contribution in [3.8, 4) is 0 Å². The fourth-order valence-corrected chi connectivity index (χ4v) is 3.82. The van der Waals surface area contributed by atoms with Gasteiger partial charge in [0.05, 0.1) is 0 Å². The number of rotatable bonds is 4. The molecule has 1 aliphatic rings. The van der Waals surface area contributed by atoms with E-state index in [0.717, 1.165) is 29.3 Å². The fraction of sp³-hybridized carbons (Fsp3) is 0.263. The van der Waals surface area contributed by atoms with Crippen molar-refractivity contribution in [3.63, 3.8) is 0 Å². The van der Waals surface area contributed by atoms with Gasteiger partial charge in [-0.05, 0) is 42.9 Å². The third-order valence-electron chi connectivity index (χ3n) is 3.90. The minimum atomic E-state index is -0.00299. The van der Waals surface area contributed by atoms with Gasteiger partial charge in [-0.3, -0.25) is 9.69 Å². The van der Waals surface area contributed by atoms with Crippen LogP contribution in [0.5, 0.6) is 0 Å². The second-order valence-corrected chi connectivity index (χ2v) is 6.81. The van der Waals surface area contributed by atoms with Crippen LogP contribution in [0.2, 0.25) is 0 Å². The quantitative estimate of drug-likeness (QED) is 0.799. The van der Waals surface area contributed by atoms with Crippen molar-refractivity contribution in [2.75, 3.05) is 16.4 Å². The smallest absolute Gasteiger partial charge is 0.252 e. The molecule has 3 nitrogen and oxygen atoms in total. The van der Waals surface area contributed by atoms with E-state index in [1.54, 1.807) is 12.3 Å². The molecule has 3 rings (SSSR count). The summed E-state index contributed by atoms with van der Waals surface area (Å²) in [6.07, 6.45) is 6.29. The summed E-state index contributed by atoms with van der Waals surface area (Å²) in [5.74, 6) is 2.80. The molecule has 4 heteroatoms. The van der Waals surface area contributed by atoms with E-state index in [1.807, 2.05) is 65.2 Å². The zero-order valence-corrected chi connectivity index (χ0v) is 14.0. The third kappa shape index (κ3) is 4.02. The summed E-state index contributed by atoms with van der Waals surface area (Å²) in [6, 6.07) is 14.1. The molecular weight excluding hydrogens is 304 g/mol. The van der Waals surface area contributed by atoms with Crippen molar-refractivity contribution < 1.29 is 4.79 Å². The molecule has 23 heavy (non-hydrogen) atoms. The van der Waals surface area contributed by atoms with Crippen LogP contribution >= 0.6 is 11.8 Å². The first kappa shape index (κ1) is 15.8. The van der Waals surface area contributed by atoms with Crippen LogP contribution in [0, 0.1) is 6.92 Å². The summed E-state index contributed by atoms with van der Waals surface area (Å²) < 4.78 is 0. The first-order valence-electron chi connectivity index (χ1n) is 7.81. The number of carbonyl (C=O) groups is 1. The molecule has 0 aliphatic carbocycles. The molecule has 1 aliphatic heterocycles. The predicted octanol–water partition coefficient (Wildman–Crippen LogP) is 3.94. The molecule has 2 heterocycles.